The number of esters is 3. The molecule has 0 heterocycles. The van der Waals surface area contributed by atoms with Crippen LogP contribution in [-0.2, 0) is 28.6 Å². The predicted molar refractivity (Wildman–Crippen MR) is 284 cm³/mol. The first-order valence-electron chi connectivity index (χ1n) is 27.6. The van der Waals surface area contributed by atoms with E-state index in [0.29, 0.717) is 19.3 Å². The van der Waals surface area contributed by atoms with E-state index in [1.165, 1.54) is 141 Å². The average Bonchev–Trinajstić information content (AvgIpc) is 3.31. The number of carbonyl (C=O) groups is 3. The summed E-state index contributed by atoms with van der Waals surface area (Å²) in [5.74, 6) is -0.999. The summed E-state index contributed by atoms with van der Waals surface area (Å²) in [6, 6.07) is 0. The van der Waals surface area contributed by atoms with Crippen LogP contribution in [0.2, 0.25) is 0 Å². The van der Waals surface area contributed by atoms with E-state index in [9.17, 15) is 14.4 Å². The second kappa shape index (κ2) is 54.2. The Kier molecular flexibility index (Phi) is 51.4. The third kappa shape index (κ3) is 51.6. The van der Waals surface area contributed by atoms with E-state index >= 15 is 0 Å². The minimum absolute atomic E-state index is 0.109. The standard InChI is InChI=1S/C60H102O6/c1-4-7-10-13-16-19-22-25-28-30-33-35-38-41-44-47-50-53-59(62)65-56-57(55-64-58(61)52-49-46-43-40-37-34-31-27-24-21-18-15-12-9-6-3)66-60(63)54-51-48-45-42-39-36-32-29-26-23-20-17-14-11-8-5-2/h8,11,17,20-21,24-26,28-29,36,39,45,48,57H,4-7,9-10,12-16,18-19,22-23,27,30-35,37-38,40-44,46-47,49-56H2,1-3H3/b11-8-,20-17-,24-21-,28-25-,29-26-,39-36-,48-45-. The van der Waals surface area contributed by atoms with Gasteiger partial charge in [-0.15, -0.1) is 0 Å². The fraction of sp³-hybridized carbons (Fsp3) is 0.717. The Morgan fingerprint density at radius 1 is 0.318 bits per heavy atom. The van der Waals surface area contributed by atoms with E-state index < -0.39 is 12.1 Å². The van der Waals surface area contributed by atoms with Crippen LogP contribution in [0.5, 0.6) is 0 Å². The van der Waals surface area contributed by atoms with Crippen molar-refractivity contribution in [2.45, 2.75) is 264 Å². The highest BCUT2D eigenvalue weighted by atomic mass is 16.6. The molecule has 0 fully saturated rings. The quantitative estimate of drug-likeness (QED) is 0.0262. The molecule has 0 saturated heterocycles. The van der Waals surface area contributed by atoms with Gasteiger partial charge in [-0.25, -0.2) is 0 Å². The van der Waals surface area contributed by atoms with Gasteiger partial charge in [-0.05, 0) is 103 Å². The molecule has 0 spiro atoms. The lowest BCUT2D eigenvalue weighted by Crippen LogP contribution is -2.30. The van der Waals surface area contributed by atoms with Gasteiger partial charge in [0.1, 0.15) is 13.2 Å². The summed E-state index contributed by atoms with van der Waals surface area (Å²) in [5.41, 5.74) is 0. The van der Waals surface area contributed by atoms with Crippen molar-refractivity contribution in [1.82, 2.24) is 0 Å². The molecule has 6 nitrogen and oxygen atoms in total. The molecule has 0 saturated carbocycles. The summed E-state index contributed by atoms with van der Waals surface area (Å²) in [5, 5.41) is 0. The molecule has 0 aliphatic rings. The van der Waals surface area contributed by atoms with Crippen molar-refractivity contribution in [3.05, 3.63) is 85.1 Å². The van der Waals surface area contributed by atoms with Gasteiger partial charge < -0.3 is 14.2 Å². The first-order chi connectivity index (χ1) is 32.5. The zero-order valence-corrected chi connectivity index (χ0v) is 43.2. The monoisotopic (exact) mass is 919 g/mol. The molecule has 0 aromatic carbocycles. The molecule has 1 unspecified atom stereocenters. The molecule has 0 radical (unpaired) electrons. The summed E-state index contributed by atoms with van der Waals surface area (Å²) in [6.07, 6.45) is 70.1. The maximum atomic E-state index is 12.8. The molecular formula is C60H102O6. The van der Waals surface area contributed by atoms with E-state index in [1.54, 1.807) is 0 Å². The van der Waals surface area contributed by atoms with Crippen LogP contribution in [0.15, 0.2) is 85.1 Å². The highest BCUT2D eigenvalue weighted by Gasteiger charge is 2.19. The number of ether oxygens (including phenoxy) is 3. The molecule has 66 heavy (non-hydrogen) atoms. The van der Waals surface area contributed by atoms with Gasteiger partial charge in [0.25, 0.3) is 0 Å². The fourth-order valence-electron chi connectivity index (χ4n) is 7.48. The number of unbranched alkanes of at least 4 members (excludes halogenated alkanes) is 24. The molecule has 6 heteroatoms. The molecule has 0 N–H and O–H groups in total. The van der Waals surface area contributed by atoms with Crippen molar-refractivity contribution < 1.29 is 28.6 Å². The summed E-state index contributed by atoms with van der Waals surface area (Å²) in [6.45, 7) is 6.45. The van der Waals surface area contributed by atoms with Crippen LogP contribution in [0.1, 0.15) is 258 Å². The predicted octanol–water partition coefficient (Wildman–Crippen LogP) is 18.4. The van der Waals surface area contributed by atoms with Crippen LogP contribution in [0.25, 0.3) is 0 Å². The number of carbonyl (C=O) groups excluding carboxylic acids is 3. The molecule has 378 valence electrons. The molecule has 1 atom stereocenters. The summed E-state index contributed by atoms with van der Waals surface area (Å²) in [4.78, 5) is 38.1. The Morgan fingerprint density at radius 2 is 0.621 bits per heavy atom. The minimum atomic E-state index is -0.819. The lowest BCUT2D eigenvalue weighted by Gasteiger charge is -2.18. The van der Waals surface area contributed by atoms with Gasteiger partial charge in [-0.2, -0.15) is 0 Å². The van der Waals surface area contributed by atoms with Gasteiger partial charge >= 0.3 is 17.9 Å². The Labute approximate surface area is 407 Å². The van der Waals surface area contributed by atoms with Crippen LogP contribution in [0.4, 0.5) is 0 Å². The Bertz CT molecular complexity index is 1290. The Hall–Kier alpha value is -3.41. The van der Waals surface area contributed by atoms with E-state index in [-0.39, 0.29) is 31.6 Å². The lowest BCUT2D eigenvalue weighted by atomic mass is 10.1. The normalized spacial score (nSPS) is 12.7. The molecular weight excluding hydrogens is 817 g/mol. The van der Waals surface area contributed by atoms with Crippen molar-refractivity contribution >= 4 is 17.9 Å². The SMILES string of the molecule is CC/C=C\C/C=C\C/C=C\C/C=C\C/C=C\CCC(=O)OC(COC(=O)CCCCCCCCC/C=C\CCCCCC)COC(=O)CCCCCCCCC/C=C\CCCCCCCC. The smallest absolute Gasteiger partial charge is 0.306 e. The molecule has 0 aromatic rings. The second-order valence-corrected chi connectivity index (χ2v) is 18.1. The van der Waals surface area contributed by atoms with E-state index in [2.05, 4.69) is 93.7 Å². The van der Waals surface area contributed by atoms with Gasteiger partial charge in [0.15, 0.2) is 6.10 Å². The van der Waals surface area contributed by atoms with E-state index in [0.717, 1.165) is 70.6 Å². The largest absolute Gasteiger partial charge is 0.462 e. The molecule has 0 rings (SSSR count). The summed E-state index contributed by atoms with van der Waals surface area (Å²) in [7, 11) is 0. The van der Waals surface area contributed by atoms with Crippen molar-refractivity contribution in [1.29, 1.82) is 0 Å². The van der Waals surface area contributed by atoms with Crippen molar-refractivity contribution in [2.24, 2.45) is 0 Å². The topological polar surface area (TPSA) is 78.9 Å². The highest BCUT2D eigenvalue weighted by molar-refractivity contribution is 5.71. The van der Waals surface area contributed by atoms with Crippen LogP contribution in [-0.4, -0.2) is 37.2 Å². The van der Waals surface area contributed by atoms with E-state index in [1.807, 2.05) is 12.2 Å². The summed E-state index contributed by atoms with van der Waals surface area (Å²) >= 11 is 0. The van der Waals surface area contributed by atoms with Gasteiger partial charge in [-0.3, -0.25) is 14.4 Å². The molecule has 0 bridgehead atoms. The minimum Gasteiger partial charge on any atom is -0.462 e. The number of hydrogen-bond acceptors (Lipinski definition) is 6. The Balaban J connectivity index is 4.49. The zero-order valence-electron chi connectivity index (χ0n) is 43.2. The van der Waals surface area contributed by atoms with Gasteiger partial charge in [0.2, 0.25) is 0 Å². The fourth-order valence-corrected chi connectivity index (χ4v) is 7.48. The number of allylic oxidation sites excluding steroid dienone is 14. The summed E-state index contributed by atoms with van der Waals surface area (Å²) < 4.78 is 16.8. The Morgan fingerprint density at radius 3 is 1.00 bits per heavy atom. The molecule has 0 aliphatic heterocycles. The van der Waals surface area contributed by atoms with E-state index in [4.69, 9.17) is 14.2 Å². The van der Waals surface area contributed by atoms with Crippen molar-refractivity contribution in [3.8, 4) is 0 Å². The van der Waals surface area contributed by atoms with Gasteiger partial charge in [0, 0.05) is 19.3 Å². The van der Waals surface area contributed by atoms with Crippen LogP contribution in [0, 0.1) is 0 Å². The third-order valence-electron chi connectivity index (χ3n) is 11.6. The molecule has 0 amide bonds. The molecule has 0 aliphatic carbocycles. The van der Waals surface area contributed by atoms with Crippen molar-refractivity contribution in [2.75, 3.05) is 13.2 Å². The first kappa shape index (κ1) is 62.6. The number of rotatable bonds is 49. The van der Waals surface area contributed by atoms with Crippen LogP contribution in [0.3, 0.4) is 0 Å². The van der Waals surface area contributed by atoms with Crippen LogP contribution < -0.4 is 0 Å². The van der Waals surface area contributed by atoms with Gasteiger partial charge in [0.05, 0.1) is 0 Å². The second-order valence-electron chi connectivity index (χ2n) is 18.1. The van der Waals surface area contributed by atoms with Crippen molar-refractivity contribution in [3.63, 3.8) is 0 Å². The lowest BCUT2D eigenvalue weighted by molar-refractivity contribution is -0.166. The zero-order chi connectivity index (χ0) is 47.9. The number of hydrogen-bond donors (Lipinski definition) is 0. The maximum Gasteiger partial charge on any atom is 0.306 e. The highest BCUT2D eigenvalue weighted by Crippen LogP contribution is 2.14. The van der Waals surface area contributed by atoms with Gasteiger partial charge in [-0.1, -0.05) is 221 Å². The first-order valence-corrected chi connectivity index (χ1v) is 27.6. The maximum absolute atomic E-state index is 12.8. The average molecular weight is 919 g/mol. The van der Waals surface area contributed by atoms with Crippen LogP contribution >= 0.6 is 0 Å². The third-order valence-corrected chi connectivity index (χ3v) is 11.6. The molecule has 0 aromatic heterocycles.